The number of nitrogens with zero attached hydrogens (tertiary/aromatic N) is 4. The van der Waals surface area contributed by atoms with Crippen molar-refractivity contribution in [3.8, 4) is 5.69 Å². The number of amides is 2. The van der Waals surface area contributed by atoms with Crippen LogP contribution in [0.1, 0.15) is 24.0 Å². The average Bonchev–Trinajstić information content (AvgIpc) is 3.27. The molecule has 7 heteroatoms. The Hall–Kier alpha value is -3.74. The molecule has 4 rings (SSSR count). The fourth-order valence-corrected chi connectivity index (χ4v) is 3.15. The van der Waals surface area contributed by atoms with Gasteiger partial charge in [-0.25, -0.2) is 9.69 Å². The van der Waals surface area contributed by atoms with Gasteiger partial charge in [-0.3, -0.25) is 9.59 Å². The van der Waals surface area contributed by atoms with E-state index in [4.69, 9.17) is 0 Å². The third-order valence-electron chi connectivity index (χ3n) is 4.70. The molecule has 0 spiro atoms. The van der Waals surface area contributed by atoms with Crippen molar-refractivity contribution in [1.82, 2.24) is 15.1 Å². The molecule has 7 nitrogen and oxygen atoms in total. The second-order valence-electron chi connectivity index (χ2n) is 6.89. The minimum atomic E-state index is -0.258. The number of aryl methyl sites for hydroxylation is 1. The molecule has 1 aromatic heterocycles. The largest absolute Gasteiger partial charge is 0.347 e. The highest BCUT2D eigenvalue weighted by molar-refractivity contribution is 6.40. The van der Waals surface area contributed by atoms with Crippen LogP contribution in [0.4, 0.5) is 5.69 Å². The lowest BCUT2D eigenvalue weighted by Gasteiger charge is -2.23. The van der Waals surface area contributed by atoms with Gasteiger partial charge in [-0.05, 0) is 48.4 Å². The van der Waals surface area contributed by atoms with Gasteiger partial charge in [0.15, 0.2) is 0 Å². The summed E-state index contributed by atoms with van der Waals surface area (Å²) in [6, 6.07) is 17.2. The van der Waals surface area contributed by atoms with Crippen molar-refractivity contribution in [3.05, 3.63) is 78.1 Å². The first kappa shape index (κ1) is 18.6. The molecule has 2 amide bonds. The third-order valence-corrected chi connectivity index (χ3v) is 4.70. The van der Waals surface area contributed by atoms with Crippen molar-refractivity contribution in [1.29, 1.82) is 0 Å². The van der Waals surface area contributed by atoms with Crippen LogP contribution in [0.2, 0.25) is 0 Å². The number of carbonyl (C=O) groups is 2. The molecule has 2 aromatic carbocycles. The molecule has 29 heavy (non-hydrogen) atoms. The Morgan fingerprint density at radius 3 is 2.62 bits per heavy atom. The summed E-state index contributed by atoms with van der Waals surface area (Å²) >= 11 is 0. The number of carbonyl (C=O) groups excluding carboxylic acids is 2. The van der Waals surface area contributed by atoms with E-state index in [9.17, 15) is 9.59 Å². The lowest BCUT2D eigenvalue weighted by atomic mass is 10.1. The van der Waals surface area contributed by atoms with Crippen LogP contribution in [0.5, 0.6) is 0 Å². The molecule has 1 N–H and O–H groups in total. The number of hydrazone groups is 1. The number of hydrogen-bond donors (Lipinski definition) is 1. The molecule has 0 radical (unpaired) electrons. The molecule has 0 bridgehead atoms. The highest BCUT2D eigenvalue weighted by Crippen LogP contribution is 2.21. The van der Waals surface area contributed by atoms with Crippen LogP contribution in [0.15, 0.2) is 72.1 Å². The first-order valence-electron chi connectivity index (χ1n) is 9.44. The van der Waals surface area contributed by atoms with Crippen molar-refractivity contribution < 1.29 is 9.59 Å². The SMILES string of the molecule is Cc1cccc(N2N=C(C(=O)NCc3ccc(-n4cccn4)cc3)CCC2=O)c1. The summed E-state index contributed by atoms with van der Waals surface area (Å²) in [6.07, 6.45) is 4.20. The van der Waals surface area contributed by atoms with Crippen LogP contribution in [0, 0.1) is 6.92 Å². The summed E-state index contributed by atoms with van der Waals surface area (Å²) in [5, 5.41) is 12.7. The lowest BCUT2D eigenvalue weighted by molar-refractivity contribution is -0.119. The standard InChI is InChI=1S/C22H21N5O2/c1-16-4-2-5-19(14-16)27-21(28)11-10-20(25-27)22(29)23-15-17-6-8-18(9-7-17)26-13-3-12-24-26/h2-9,12-14H,10-11,15H2,1H3,(H,23,29). The summed E-state index contributed by atoms with van der Waals surface area (Å²) < 4.78 is 1.77. The first-order valence-corrected chi connectivity index (χ1v) is 9.44. The molecule has 3 aromatic rings. The van der Waals surface area contributed by atoms with E-state index >= 15 is 0 Å². The Bertz CT molecular complexity index is 1060. The predicted molar refractivity (Wildman–Crippen MR) is 111 cm³/mol. The summed E-state index contributed by atoms with van der Waals surface area (Å²) in [4.78, 5) is 24.8. The second kappa shape index (κ2) is 8.10. The summed E-state index contributed by atoms with van der Waals surface area (Å²) in [7, 11) is 0. The molecule has 2 heterocycles. The van der Waals surface area contributed by atoms with Gasteiger partial charge < -0.3 is 5.32 Å². The van der Waals surface area contributed by atoms with Crippen LogP contribution in [-0.2, 0) is 16.1 Å². The van der Waals surface area contributed by atoms with Gasteiger partial charge in [0.05, 0.1) is 11.4 Å². The smallest absolute Gasteiger partial charge is 0.267 e. The van der Waals surface area contributed by atoms with Crippen LogP contribution < -0.4 is 10.3 Å². The average molecular weight is 387 g/mol. The normalized spacial score (nSPS) is 13.9. The highest BCUT2D eigenvalue weighted by Gasteiger charge is 2.25. The van der Waals surface area contributed by atoms with Crippen molar-refractivity contribution in [2.45, 2.75) is 26.3 Å². The molecular weight excluding hydrogens is 366 g/mol. The zero-order chi connectivity index (χ0) is 20.2. The Balaban J connectivity index is 1.42. The van der Waals surface area contributed by atoms with E-state index in [-0.39, 0.29) is 18.2 Å². The molecular formula is C22H21N5O2. The van der Waals surface area contributed by atoms with Crippen molar-refractivity contribution >= 4 is 23.2 Å². The van der Waals surface area contributed by atoms with Crippen molar-refractivity contribution in [2.75, 3.05) is 5.01 Å². The van der Waals surface area contributed by atoms with E-state index in [1.165, 1.54) is 5.01 Å². The second-order valence-corrected chi connectivity index (χ2v) is 6.89. The Kier molecular flexibility index (Phi) is 5.20. The minimum Gasteiger partial charge on any atom is -0.347 e. The van der Waals surface area contributed by atoms with Gasteiger partial charge in [0.2, 0.25) is 5.91 Å². The molecule has 0 fully saturated rings. The maximum absolute atomic E-state index is 12.6. The molecule has 0 atom stereocenters. The highest BCUT2D eigenvalue weighted by atomic mass is 16.2. The molecule has 0 saturated heterocycles. The van der Waals surface area contributed by atoms with Crippen molar-refractivity contribution in [2.24, 2.45) is 5.10 Å². The van der Waals surface area contributed by atoms with Gasteiger partial charge >= 0.3 is 0 Å². The van der Waals surface area contributed by atoms with E-state index in [1.807, 2.05) is 67.7 Å². The number of hydrogen-bond acceptors (Lipinski definition) is 4. The number of nitrogens with one attached hydrogen (secondary N) is 1. The number of benzene rings is 2. The third kappa shape index (κ3) is 4.24. The fourth-order valence-electron chi connectivity index (χ4n) is 3.15. The van der Waals surface area contributed by atoms with Gasteiger partial charge in [-0.1, -0.05) is 24.3 Å². The Morgan fingerprint density at radius 2 is 1.90 bits per heavy atom. The summed E-state index contributed by atoms with van der Waals surface area (Å²) in [5.74, 6) is -0.368. The molecule has 146 valence electrons. The zero-order valence-electron chi connectivity index (χ0n) is 16.1. The van der Waals surface area contributed by atoms with E-state index < -0.39 is 0 Å². The van der Waals surface area contributed by atoms with E-state index in [2.05, 4.69) is 15.5 Å². The maximum atomic E-state index is 12.6. The quantitative estimate of drug-likeness (QED) is 0.731. The van der Waals surface area contributed by atoms with Gasteiger partial charge in [0, 0.05) is 31.8 Å². The molecule has 0 aliphatic carbocycles. The predicted octanol–water partition coefficient (Wildman–Crippen LogP) is 2.98. The van der Waals surface area contributed by atoms with Crippen LogP contribution in [0.25, 0.3) is 5.69 Å². The van der Waals surface area contributed by atoms with Crippen LogP contribution >= 0.6 is 0 Å². The van der Waals surface area contributed by atoms with Crippen LogP contribution in [0.3, 0.4) is 0 Å². The number of aromatic nitrogens is 2. The molecule has 1 aliphatic heterocycles. The van der Waals surface area contributed by atoms with Gasteiger partial charge in [0.1, 0.15) is 5.71 Å². The number of anilines is 1. The minimum absolute atomic E-state index is 0.110. The first-order chi connectivity index (χ1) is 14.1. The molecule has 1 aliphatic rings. The molecule has 0 unspecified atom stereocenters. The van der Waals surface area contributed by atoms with E-state index in [0.29, 0.717) is 24.4 Å². The van der Waals surface area contributed by atoms with Crippen LogP contribution in [-0.4, -0.2) is 27.3 Å². The number of rotatable bonds is 5. The summed E-state index contributed by atoms with van der Waals surface area (Å²) in [5.41, 5.74) is 3.99. The van der Waals surface area contributed by atoms with Crippen molar-refractivity contribution in [3.63, 3.8) is 0 Å². The fraction of sp³-hybridized carbons (Fsp3) is 0.182. The maximum Gasteiger partial charge on any atom is 0.267 e. The Morgan fingerprint density at radius 1 is 1.07 bits per heavy atom. The van der Waals surface area contributed by atoms with Gasteiger partial charge in [-0.2, -0.15) is 10.2 Å². The monoisotopic (exact) mass is 387 g/mol. The van der Waals surface area contributed by atoms with E-state index in [1.54, 1.807) is 10.9 Å². The van der Waals surface area contributed by atoms with Gasteiger partial charge in [0.25, 0.3) is 5.91 Å². The Labute approximate surface area is 168 Å². The lowest BCUT2D eigenvalue weighted by Crippen LogP contribution is -2.38. The van der Waals surface area contributed by atoms with Gasteiger partial charge in [-0.15, -0.1) is 0 Å². The zero-order valence-corrected chi connectivity index (χ0v) is 16.1. The molecule has 0 saturated carbocycles. The topological polar surface area (TPSA) is 79.6 Å². The summed E-state index contributed by atoms with van der Waals surface area (Å²) in [6.45, 7) is 2.34. The van der Waals surface area contributed by atoms with E-state index in [0.717, 1.165) is 16.8 Å².